The standard InChI is InChI=1S/C11H24N.CH4O3S/c1-10(2)8-7-9-12(5,6)11(10,3)4;1-5(2,3)4/h7-9H2,1-6H3;1H3,(H,2,3,4)/q+1;/p-1. The number of quaternary nitrogens is 1. The summed E-state index contributed by atoms with van der Waals surface area (Å²) in [5.74, 6) is 0. The molecule has 5 heteroatoms. The molecule has 1 heterocycles. The lowest BCUT2D eigenvalue weighted by Crippen LogP contribution is -2.66. The van der Waals surface area contributed by atoms with E-state index in [9.17, 15) is 0 Å². The zero-order valence-corrected chi connectivity index (χ0v) is 13.0. The van der Waals surface area contributed by atoms with Gasteiger partial charge in [0.25, 0.3) is 0 Å². The molecular formula is C12H27NO3S. The van der Waals surface area contributed by atoms with Crippen molar-refractivity contribution in [2.75, 3.05) is 26.9 Å². The largest absolute Gasteiger partial charge is 0.748 e. The van der Waals surface area contributed by atoms with Crippen LogP contribution in [0.3, 0.4) is 0 Å². The van der Waals surface area contributed by atoms with Crippen LogP contribution in [0, 0.1) is 5.41 Å². The molecule has 1 rings (SSSR count). The molecule has 1 saturated heterocycles. The fraction of sp³-hybridized carbons (Fsp3) is 1.00. The predicted octanol–water partition coefficient (Wildman–Crippen LogP) is 1.82. The minimum absolute atomic E-state index is 0.408. The molecule has 0 radical (unpaired) electrons. The summed E-state index contributed by atoms with van der Waals surface area (Å²) in [6.45, 7) is 11.0. The first-order chi connectivity index (χ1) is 7.21. The summed E-state index contributed by atoms with van der Waals surface area (Å²) in [4.78, 5) is 0. The number of nitrogens with zero attached hydrogens (tertiary/aromatic N) is 1. The number of hydrogen-bond acceptors (Lipinski definition) is 3. The smallest absolute Gasteiger partial charge is 0.0982 e. The van der Waals surface area contributed by atoms with Crippen LogP contribution < -0.4 is 0 Å². The monoisotopic (exact) mass is 265 g/mol. The Morgan fingerprint density at radius 2 is 1.47 bits per heavy atom. The Morgan fingerprint density at radius 1 is 1.12 bits per heavy atom. The highest BCUT2D eigenvalue weighted by Crippen LogP contribution is 2.45. The molecule has 17 heavy (non-hydrogen) atoms. The Bertz CT molecular complexity index is 330. The topological polar surface area (TPSA) is 57.2 Å². The highest BCUT2D eigenvalue weighted by Gasteiger charge is 2.51. The van der Waals surface area contributed by atoms with Gasteiger partial charge in [-0.15, -0.1) is 0 Å². The average Bonchev–Trinajstić information content (AvgIpc) is 1.96. The van der Waals surface area contributed by atoms with E-state index in [1.807, 2.05) is 0 Å². The second kappa shape index (κ2) is 4.86. The van der Waals surface area contributed by atoms with Crippen LogP contribution in [0.25, 0.3) is 0 Å². The third kappa shape index (κ3) is 4.56. The van der Waals surface area contributed by atoms with Gasteiger partial charge in [0.15, 0.2) is 0 Å². The molecule has 104 valence electrons. The minimum Gasteiger partial charge on any atom is -0.748 e. The van der Waals surface area contributed by atoms with Crippen LogP contribution in [0.1, 0.15) is 40.5 Å². The number of rotatable bonds is 0. The molecule has 0 spiro atoms. The summed E-state index contributed by atoms with van der Waals surface area (Å²) < 4.78 is 28.4. The maximum atomic E-state index is 9.08. The van der Waals surface area contributed by atoms with E-state index in [1.165, 1.54) is 23.9 Å². The molecule has 1 aliphatic rings. The van der Waals surface area contributed by atoms with Crippen LogP contribution in [0.2, 0.25) is 0 Å². The molecule has 0 saturated carbocycles. The van der Waals surface area contributed by atoms with Crippen molar-refractivity contribution in [1.82, 2.24) is 0 Å². The van der Waals surface area contributed by atoms with E-state index < -0.39 is 10.1 Å². The predicted molar refractivity (Wildman–Crippen MR) is 69.7 cm³/mol. The fourth-order valence-corrected chi connectivity index (χ4v) is 2.32. The molecule has 0 aromatic carbocycles. The Hall–Kier alpha value is -0.130. The first-order valence-corrected chi connectivity index (χ1v) is 7.76. The van der Waals surface area contributed by atoms with Crippen molar-refractivity contribution in [2.24, 2.45) is 5.41 Å². The summed E-state index contributed by atoms with van der Waals surface area (Å²) in [5, 5.41) is 0. The Balaban J connectivity index is 0.000000437. The van der Waals surface area contributed by atoms with E-state index >= 15 is 0 Å². The zero-order chi connectivity index (χ0) is 14.1. The van der Waals surface area contributed by atoms with E-state index in [2.05, 4.69) is 41.8 Å². The number of likely N-dealkylation sites (tertiary alicyclic amines) is 1. The second-order valence-electron chi connectivity index (χ2n) is 6.66. The van der Waals surface area contributed by atoms with Crippen molar-refractivity contribution in [3.8, 4) is 0 Å². The van der Waals surface area contributed by atoms with Gasteiger partial charge in [0.2, 0.25) is 0 Å². The van der Waals surface area contributed by atoms with Gasteiger partial charge in [0.05, 0.1) is 36.3 Å². The molecule has 0 atom stereocenters. The molecule has 0 N–H and O–H groups in total. The normalized spacial score (nSPS) is 25.6. The molecule has 4 nitrogen and oxygen atoms in total. The van der Waals surface area contributed by atoms with Gasteiger partial charge in [-0.3, -0.25) is 0 Å². The quantitative estimate of drug-likeness (QED) is 0.496. The summed E-state index contributed by atoms with van der Waals surface area (Å²) in [6.07, 6.45) is 3.36. The van der Waals surface area contributed by atoms with Crippen LogP contribution in [-0.4, -0.2) is 49.9 Å². The minimum atomic E-state index is -3.92. The first-order valence-electron chi connectivity index (χ1n) is 5.95. The summed E-state index contributed by atoms with van der Waals surface area (Å²) in [5.41, 5.74) is 0.889. The SMILES string of the molecule is CC1(C)CCC[N+](C)(C)C1(C)C.CS(=O)(=O)[O-]. The van der Waals surface area contributed by atoms with Crippen molar-refractivity contribution in [1.29, 1.82) is 0 Å². The van der Waals surface area contributed by atoms with Gasteiger partial charge in [-0.1, -0.05) is 13.8 Å². The van der Waals surface area contributed by atoms with Gasteiger partial charge in [0, 0.05) is 11.7 Å². The highest BCUT2D eigenvalue weighted by atomic mass is 32.2. The third-order valence-corrected chi connectivity index (χ3v) is 4.69. The summed E-state index contributed by atoms with van der Waals surface area (Å²) >= 11 is 0. The summed E-state index contributed by atoms with van der Waals surface area (Å²) in [6, 6.07) is 0. The van der Waals surface area contributed by atoms with Crippen LogP contribution in [0.4, 0.5) is 0 Å². The van der Waals surface area contributed by atoms with Crippen molar-refractivity contribution >= 4 is 10.1 Å². The molecule has 1 aliphatic heterocycles. The number of hydrogen-bond donors (Lipinski definition) is 0. The molecule has 1 fully saturated rings. The van der Waals surface area contributed by atoms with Crippen LogP contribution in [-0.2, 0) is 10.1 Å². The van der Waals surface area contributed by atoms with Gasteiger partial charge in [-0.05, 0) is 26.7 Å². The molecular weight excluding hydrogens is 238 g/mol. The van der Waals surface area contributed by atoms with E-state index in [0.29, 0.717) is 17.2 Å². The first kappa shape index (κ1) is 16.9. The molecule has 0 aliphatic carbocycles. The molecule has 0 unspecified atom stereocenters. The van der Waals surface area contributed by atoms with Crippen molar-refractivity contribution in [3.63, 3.8) is 0 Å². The van der Waals surface area contributed by atoms with Crippen molar-refractivity contribution in [3.05, 3.63) is 0 Å². The lowest BCUT2D eigenvalue weighted by molar-refractivity contribution is -0.952. The maximum absolute atomic E-state index is 9.08. The van der Waals surface area contributed by atoms with Gasteiger partial charge < -0.3 is 9.04 Å². The summed E-state index contributed by atoms with van der Waals surface area (Å²) in [7, 11) is 0.807. The van der Waals surface area contributed by atoms with E-state index in [0.717, 1.165) is 0 Å². The van der Waals surface area contributed by atoms with E-state index in [1.54, 1.807) is 0 Å². The van der Waals surface area contributed by atoms with Crippen LogP contribution in [0.5, 0.6) is 0 Å². The van der Waals surface area contributed by atoms with Gasteiger partial charge >= 0.3 is 0 Å². The fourth-order valence-electron chi connectivity index (χ4n) is 2.32. The maximum Gasteiger partial charge on any atom is 0.0982 e. The Kier molecular flexibility index (Phi) is 4.82. The molecule has 0 aromatic heterocycles. The second-order valence-corrected chi connectivity index (χ2v) is 8.07. The molecule has 0 aromatic rings. The van der Waals surface area contributed by atoms with E-state index in [-0.39, 0.29) is 0 Å². The number of piperidine rings is 1. The third-order valence-electron chi connectivity index (χ3n) is 4.69. The van der Waals surface area contributed by atoms with Crippen molar-refractivity contribution in [2.45, 2.75) is 46.1 Å². The lowest BCUT2D eigenvalue weighted by Gasteiger charge is -2.56. The van der Waals surface area contributed by atoms with Crippen LogP contribution >= 0.6 is 0 Å². The zero-order valence-electron chi connectivity index (χ0n) is 12.2. The van der Waals surface area contributed by atoms with Crippen LogP contribution in [0.15, 0.2) is 0 Å². The molecule has 0 amide bonds. The van der Waals surface area contributed by atoms with E-state index in [4.69, 9.17) is 13.0 Å². The van der Waals surface area contributed by atoms with Gasteiger partial charge in [0.1, 0.15) is 0 Å². The highest BCUT2D eigenvalue weighted by molar-refractivity contribution is 7.84. The Morgan fingerprint density at radius 3 is 1.71 bits per heavy atom. The average molecular weight is 265 g/mol. The van der Waals surface area contributed by atoms with Gasteiger partial charge in [-0.2, -0.15) is 0 Å². The van der Waals surface area contributed by atoms with Gasteiger partial charge in [-0.25, -0.2) is 8.42 Å². The Labute approximate surface area is 106 Å². The van der Waals surface area contributed by atoms with Crippen molar-refractivity contribution < 1.29 is 17.5 Å². The molecule has 0 bridgehead atoms. The lowest BCUT2D eigenvalue weighted by atomic mass is 9.67.